The van der Waals surface area contributed by atoms with Crippen molar-refractivity contribution in [3.63, 3.8) is 0 Å². The van der Waals surface area contributed by atoms with E-state index in [0.29, 0.717) is 6.42 Å². The molecule has 1 aromatic heterocycles. The summed E-state index contributed by atoms with van der Waals surface area (Å²) in [5, 5.41) is 2.74. The van der Waals surface area contributed by atoms with Gasteiger partial charge in [-0.3, -0.25) is 9.36 Å². The molecule has 2 aromatic carbocycles. The summed E-state index contributed by atoms with van der Waals surface area (Å²) < 4.78 is 2.18. The van der Waals surface area contributed by atoms with Crippen LogP contribution < -0.4 is 5.32 Å². The lowest BCUT2D eigenvalue weighted by molar-refractivity contribution is -0.120. The lowest BCUT2D eigenvalue weighted by Gasteiger charge is -2.20. The van der Waals surface area contributed by atoms with Gasteiger partial charge in [-0.2, -0.15) is 0 Å². The third-order valence-electron chi connectivity index (χ3n) is 4.82. The van der Waals surface area contributed by atoms with Crippen LogP contribution in [0.1, 0.15) is 22.6 Å². The molecule has 0 atom stereocenters. The molecule has 1 amide bonds. The second kappa shape index (κ2) is 6.20. The Hall–Kier alpha value is -2.88. The number of fused-ring (bicyclic) bond motifs is 3. The molecule has 0 unspecified atom stereocenters. The van der Waals surface area contributed by atoms with E-state index in [-0.39, 0.29) is 5.91 Å². The largest absolute Gasteiger partial charge is 0.359 e. The van der Waals surface area contributed by atoms with Crippen LogP contribution in [0.15, 0.2) is 48.5 Å². The second-order valence-corrected chi connectivity index (χ2v) is 6.50. The van der Waals surface area contributed by atoms with Gasteiger partial charge in [0.15, 0.2) is 0 Å². The standard InChI is InChI=1S/C21H21N3O/c1-14-7-9-16(10-8-14)21-18(13-20(25)22-2)24-17-6-4-3-5-15(17)11-12-19(24)23-21/h3-10H,11-13H2,1-2H3,(H,22,25). The molecule has 0 fully saturated rings. The van der Waals surface area contributed by atoms with Gasteiger partial charge in [-0.25, -0.2) is 4.98 Å². The van der Waals surface area contributed by atoms with Crippen LogP contribution in [0.25, 0.3) is 16.9 Å². The van der Waals surface area contributed by atoms with Crippen LogP contribution in [-0.4, -0.2) is 22.5 Å². The number of hydrogen-bond donors (Lipinski definition) is 1. The average molecular weight is 331 g/mol. The van der Waals surface area contributed by atoms with Gasteiger partial charge < -0.3 is 5.32 Å². The predicted octanol–water partition coefficient (Wildman–Crippen LogP) is 3.23. The molecule has 0 saturated heterocycles. The minimum absolute atomic E-state index is 0.000818. The maximum Gasteiger partial charge on any atom is 0.225 e. The van der Waals surface area contributed by atoms with Gasteiger partial charge in [-0.15, -0.1) is 0 Å². The molecule has 25 heavy (non-hydrogen) atoms. The van der Waals surface area contributed by atoms with Crippen LogP contribution in [0.3, 0.4) is 0 Å². The monoisotopic (exact) mass is 331 g/mol. The van der Waals surface area contributed by atoms with Crippen LogP contribution in [0.2, 0.25) is 0 Å². The minimum atomic E-state index is -0.000818. The maximum absolute atomic E-state index is 12.2. The van der Waals surface area contributed by atoms with Crippen LogP contribution in [0, 0.1) is 6.92 Å². The molecule has 1 N–H and O–H groups in total. The quantitative estimate of drug-likeness (QED) is 0.801. The van der Waals surface area contributed by atoms with Crippen LogP contribution in [-0.2, 0) is 24.1 Å². The Balaban J connectivity index is 1.93. The molecule has 1 aliphatic heterocycles. The van der Waals surface area contributed by atoms with Crippen LogP contribution in [0.5, 0.6) is 0 Å². The fourth-order valence-corrected chi connectivity index (χ4v) is 3.49. The van der Waals surface area contributed by atoms with Gasteiger partial charge in [0.1, 0.15) is 5.82 Å². The summed E-state index contributed by atoms with van der Waals surface area (Å²) in [6.07, 6.45) is 2.20. The first-order valence-electron chi connectivity index (χ1n) is 8.64. The molecule has 3 aromatic rings. The lowest BCUT2D eigenvalue weighted by atomic mass is 10.0. The number of para-hydroxylation sites is 1. The minimum Gasteiger partial charge on any atom is -0.359 e. The maximum atomic E-state index is 12.2. The van der Waals surface area contributed by atoms with E-state index in [1.165, 1.54) is 11.1 Å². The highest BCUT2D eigenvalue weighted by molar-refractivity contribution is 5.81. The molecule has 0 radical (unpaired) electrons. The molecular weight excluding hydrogens is 310 g/mol. The van der Waals surface area contributed by atoms with Crippen molar-refractivity contribution in [3.05, 3.63) is 71.2 Å². The van der Waals surface area contributed by atoms with E-state index in [9.17, 15) is 4.79 Å². The summed E-state index contributed by atoms with van der Waals surface area (Å²) in [5.41, 5.74) is 6.60. The van der Waals surface area contributed by atoms with Gasteiger partial charge in [0, 0.05) is 19.0 Å². The number of amides is 1. The Morgan fingerprint density at radius 2 is 1.88 bits per heavy atom. The Morgan fingerprint density at radius 3 is 2.64 bits per heavy atom. The number of nitrogens with one attached hydrogen (secondary N) is 1. The first-order valence-corrected chi connectivity index (χ1v) is 8.64. The summed E-state index contributed by atoms with van der Waals surface area (Å²) >= 11 is 0. The Kier molecular flexibility index (Phi) is 3.88. The SMILES string of the molecule is CNC(=O)Cc1c(-c2ccc(C)cc2)nc2n1-c1ccccc1CC2. The first kappa shape index (κ1) is 15.6. The van der Waals surface area contributed by atoms with E-state index in [4.69, 9.17) is 4.98 Å². The molecule has 2 heterocycles. The molecule has 4 heteroatoms. The highest BCUT2D eigenvalue weighted by Gasteiger charge is 2.25. The lowest BCUT2D eigenvalue weighted by Crippen LogP contribution is -2.23. The van der Waals surface area contributed by atoms with Gasteiger partial charge in [-0.1, -0.05) is 48.0 Å². The number of carbonyl (C=O) groups is 1. The highest BCUT2D eigenvalue weighted by atomic mass is 16.1. The van der Waals surface area contributed by atoms with Gasteiger partial charge in [0.2, 0.25) is 5.91 Å². The highest BCUT2D eigenvalue weighted by Crippen LogP contribution is 2.32. The summed E-state index contributed by atoms with van der Waals surface area (Å²) in [4.78, 5) is 17.1. The first-order chi connectivity index (χ1) is 12.2. The molecule has 1 aliphatic rings. The fraction of sp³-hybridized carbons (Fsp3) is 0.238. The predicted molar refractivity (Wildman–Crippen MR) is 98.9 cm³/mol. The molecule has 0 aliphatic carbocycles. The van der Waals surface area contributed by atoms with E-state index in [1.807, 2.05) is 6.07 Å². The second-order valence-electron chi connectivity index (χ2n) is 6.50. The number of hydrogen-bond acceptors (Lipinski definition) is 2. The summed E-state index contributed by atoms with van der Waals surface area (Å²) in [5.74, 6) is 1.03. The Bertz CT molecular complexity index is 938. The van der Waals surface area contributed by atoms with E-state index in [1.54, 1.807) is 7.05 Å². The number of aryl methyl sites for hydroxylation is 3. The van der Waals surface area contributed by atoms with E-state index < -0.39 is 0 Å². The molecule has 4 rings (SSSR count). The van der Waals surface area contributed by atoms with Crippen LogP contribution in [0.4, 0.5) is 0 Å². The topological polar surface area (TPSA) is 46.9 Å². The number of imidazole rings is 1. The Morgan fingerprint density at radius 1 is 1.12 bits per heavy atom. The third-order valence-corrected chi connectivity index (χ3v) is 4.82. The van der Waals surface area contributed by atoms with Crippen molar-refractivity contribution >= 4 is 5.91 Å². The van der Waals surface area contributed by atoms with Crippen LogP contribution >= 0.6 is 0 Å². The molecule has 4 nitrogen and oxygen atoms in total. The summed E-state index contributed by atoms with van der Waals surface area (Å²) in [6, 6.07) is 16.7. The average Bonchev–Trinajstić information content (AvgIpc) is 3.01. The molecule has 0 saturated carbocycles. The molecule has 0 spiro atoms. The summed E-state index contributed by atoms with van der Waals surface area (Å²) in [7, 11) is 1.68. The number of rotatable bonds is 3. The van der Waals surface area contributed by atoms with E-state index in [2.05, 4.69) is 59.3 Å². The van der Waals surface area contributed by atoms with Crippen molar-refractivity contribution in [2.75, 3.05) is 7.05 Å². The Labute approximate surface area is 147 Å². The van der Waals surface area contributed by atoms with Crippen molar-refractivity contribution in [1.82, 2.24) is 14.9 Å². The van der Waals surface area contributed by atoms with Crippen molar-refractivity contribution < 1.29 is 4.79 Å². The third kappa shape index (κ3) is 2.74. The number of aromatic nitrogens is 2. The van der Waals surface area contributed by atoms with Crippen molar-refractivity contribution in [2.24, 2.45) is 0 Å². The fourth-order valence-electron chi connectivity index (χ4n) is 3.49. The summed E-state index contributed by atoms with van der Waals surface area (Å²) in [6.45, 7) is 2.07. The van der Waals surface area contributed by atoms with Gasteiger partial charge in [-0.05, 0) is 25.0 Å². The zero-order valence-electron chi connectivity index (χ0n) is 14.5. The van der Waals surface area contributed by atoms with E-state index >= 15 is 0 Å². The zero-order valence-corrected chi connectivity index (χ0v) is 14.5. The zero-order chi connectivity index (χ0) is 17.4. The number of nitrogens with zero attached hydrogens (tertiary/aromatic N) is 2. The number of likely N-dealkylation sites (N-methyl/N-ethyl adjacent to an activating group) is 1. The normalized spacial score (nSPS) is 12.4. The number of benzene rings is 2. The van der Waals surface area contributed by atoms with Gasteiger partial charge in [0.05, 0.1) is 23.5 Å². The van der Waals surface area contributed by atoms with Crippen molar-refractivity contribution in [2.45, 2.75) is 26.2 Å². The number of carbonyl (C=O) groups excluding carboxylic acids is 1. The van der Waals surface area contributed by atoms with Crippen molar-refractivity contribution in [1.29, 1.82) is 0 Å². The van der Waals surface area contributed by atoms with Gasteiger partial charge >= 0.3 is 0 Å². The molecule has 0 bridgehead atoms. The molecule has 126 valence electrons. The van der Waals surface area contributed by atoms with E-state index in [0.717, 1.165) is 41.3 Å². The van der Waals surface area contributed by atoms with Crippen molar-refractivity contribution in [3.8, 4) is 16.9 Å². The molecular formula is C21H21N3O. The smallest absolute Gasteiger partial charge is 0.225 e. The van der Waals surface area contributed by atoms with Gasteiger partial charge in [0.25, 0.3) is 0 Å².